The highest BCUT2D eigenvalue weighted by molar-refractivity contribution is 9.12. The Morgan fingerprint density at radius 1 is 0.969 bits per heavy atom. The Hall–Kier alpha value is -0.643. The van der Waals surface area contributed by atoms with Crippen LogP contribution in [0.25, 0.3) is 0 Å². The van der Waals surface area contributed by atoms with Crippen molar-refractivity contribution >= 4 is 52.1 Å². The molecule has 0 saturated heterocycles. The Bertz CT molecular complexity index is 782. The Morgan fingerprint density at radius 3 is 1.78 bits per heavy atom. The fourth-order valence-electron chi connectivity index (χ4n) is 3.84. The van der Waals surface area contributed by atoms with Crippen LogP contribution in [0.2, 0.25) is 18.1 Å². The van der Waals surface area contributed by atoms with Crippen LogP contribution in [0.3, 0.4) is 0 Å². The Balaban J connectivity index is 2.42. The number of halogens is 2. The van der Waals surface area contributed by atoms with E-state index in [-0.39, 0.29) is 5.04 Å². The smallest absolute Gasteiger partial charge is 0.354 e. The number of nitrogens with zero attached hydrogens (tertiary/aromatic N) is 1. The molecule has 182 valence electrons. The number of methoxy groups -OCH3 is 2. The van der Waals surface area contributed by atoms with Gasteiger partial charge in [-0.1, -0.05) is 52.6 Å². The van der Waals surface area contributed by atoms with Gasteiger partial charge in [0.15, 0.2) is 8.32 Å². The highest BCUT2D eigenvalue weighted by Crippen LogP contribution is 2.37. The van der Waals surface area contributed by atoms with Crippen molar-refractivity contribution in [1.82, 2.24) is 4.57 Å². The van der Waals surface area contributed by atoms with Crippen LogP contribution in [0.1, 0.15) is 72.1 Å². The average Bonchev–Trinajstić information content (AvgIpc) is 3.02. The van der Waals surface area contributed by atoms with Crippen molar-refractivity contribution in [3.05, 3.63) is 22.5 Å². The van der Waals surface area contributed by atoms with Crippen LogP contribution in [0, 0.1) is 0 Å². The van der Waals surface area contributed by atoms with Gasteiger partial charge in [0.25, 0.3) is 0 Å². The molecule has 0 bridgehead atoms. The lowest BCUT2D eigenvalue weighted by Gasteiger charge is -2.36. The molecule has 0 fully saturated rings. The highest BCUT2D eigenvalue weighted by Gasteiger charge is 2.37. The van der Waals surface area contributed by atoms with Crippen LogP contribution in [0.5, 0.6) is 0 Å². The Morgan fingerprint density at radius 2 is 1.41 bits per heavy atom. The third-order valence-electron chi connectivity index (χ3n) is 6.76. The van der Waals surface area contributed by atoms with Crippen molar-refractivity contribution in [2.45, 2.75) is 87.2 Å². The third kappa shape index (κ3) is 6.07. The number of alkyl halides is 2. The first kappa shape index (κ1) is 27.6. The van der Waals surface area contributed by atoms with E-state index in [0.29, 0.717) is 53.5 Å². The molecular formula is C23H37Br2NO5Si. The van der Waals surface area contributed by atoms with Gasteiger partial charge in [0.05, 0.1) is 14.2 Å². The summed E-state index contributed by atoms with van der Waals surface area (Å²) in [5.41, 5.74) is 2.77. The number of aromatic nitrogens is 1. The fourth-order valence-corrected chi connectivity index (χ4v) is 5.91. The van der Waals surface area contributed by atoms with Gasteiger partial charge in [0.1, 0.15) is 11.4 Å². The second-order valence-electron chi connectivity index (χ2n) is 9.86. The van der Waals surface area contributed by atoms with Crippen LogP contribution < -0.4 is 0 Å². The number of rotatable bonds is 7. The molecule has 1 heterocycles. The molecule has 1 aromatic heterocycles. The zero-order valence-electron chi connectivity index (χ0n) is 20.3. The number of fused-ring (bicyclic) bond motifs is 1. The van der Waals surface area contributed by atoms with Gasteiger partial charge in [-0.15, -0.1) is 0 Å². The van der Waals surface area contributed by atoms with Crippen LogP contribution in [-0.2, 0) is 33.3 Å². The van der Waals surface area contributed by atoms with Crippen molar-refractivity contribution in [2.24, 2.45) is 0 Å². The summed E-state index contributed by atoms with van der Waals surface area (Å²) >= 11 is 7.50. The van der Waals surface area contributed by atoms with E-state index in [9.17, 15) is 9.59 Å². The van der Waals surface area contributed by atoms with Gasteiger partial charge >= 0.3 is 11.9 Å². The van der Waals surface area contributed by atoms with E-state index in [4.69, 9.17) is 13.9 Å². The van der Waals surface area contributed by atoms with E-state index in [1.807, 2.05) is 4.57 Å². The maximum Gasteiger partial charge on any atom is 0.354 e. The molecular weight excluding hydrogens is 558 g/mol. The predicted octanol–water partition coefficient (Wildman–Crippen LogP) is 5.88. The standard InChI is InChI=1S/C23H37Br2NO5Si/c1-23(2,3)32(6,7)31-14-8-13-26-19(21(27)29-4)15-9-11-17(24)18(25)12-10-16(15)20(26)22(28)30-5/h17-18H,8-14H2,1-7H3. The first-order chi connectivity index (χ1) is 14.9. The lowest BCUT2D eigenvalue weighted by atomic mass is 9.93. The van der Waals surface area contributed by atoms with Crippen LogP contribution >= 0.6 is 31.9 Å². The number of esters is 2. The summed E-state index contributed by atoms with van der Waals surface area (Å²) in [6.07, 6.45) is 3.78. The number of ether oxygens (including phenoxy) is 2. The molecule has 9 heteroatoms. The molecule has 0 aromatic carbocycles. The quantitative estimate of drug-likeness (QED) is 0.171. The van der Waals surface area contributed by atoms with Gasteiger partial charge in [-0.05, 0) is 61.4 Å². The SMILES string of the molecule is COC(=O)c1c2c(c(C(=O)OC)n1CCCO[Si](C)(C)C(C)(C)C)CCC(Br)C(Br)CC2. The number of carbonyl (C=O) groups is 2. The van der Waals surface area contributed by atoms with Crippen molar-refractivity contribution in [1.29, 1.82) is 0 Å². The minimum absolute atomic E-state index is 0.128. The van der Waals surface area contributed by atoms with Gasteiger partial charge in [0.2, 0.25) is 0 Å². The van der Waals surface area contributed by atoms with Crippen LogP contribution in [0.4, 0.5) is 0 Å². The van der Waals surface area contributed by atoms with Crippen LogP contribution in [0.15, 0.2) is 0 Å². The number of hydrogen-bond acceptors (Lipinski definition) is 5. The second kappa shape index (κ2) is 11.2. The summed E-state index contributed by atoms with van der Waals surface area (Å²) in [4.78, 5) is 26.3. The molecule has 1 aliphatic carbocycles. The highest BCUT2D eigenvalue weighted by atomic mass is 79.9. The van der Waals surface area contributed by atoms with Crippen LogP contribution in [-0.4, -0.2) is 55.3 Å². The molecule has 1 aromatic rings. The zero-order chi connectivity index (χ0) is 24.3. The molecule has 2 rings (SSSR count). The molecule has 0 aliphatic heterocycles. The van der Waals surface area contributed by atoms with Gasteiger partial charge in [-0.3, -0.25) is 0 Å². The molecule has 6 nitrogen and oxygen atoms in total. The average molecular weight is 595 g/mol. The summed E-state index contributed by atoms with van der Waals surface area (Å²) < 4.78 is 18.4. The number of carbonyl (C=O) groups excluding carboxylic acids is 2. The van der Waals surface area contributed by atoms with E-state index in [1.54, 1.807) is 0 Å². The Kier molecular flexibility index (Phi) is 9.65. The Labute approximate surface area is 210 Å². The van der Waals surface area contributed by atoms with E-state index >= 15 is 0 Å². The third-order valence-corrected chi connectivity index (χ3v) is 14.2. The lowest BCUT2D eigenvalue weighted by Crippen LogP contribution is -2.41. The minimum atomic E-state index is -1.87. The molecule has 0 spiro atoms. The first-order valence-corrected chi connectivity index (χ1v) is 15.9. The molecule has 2 atom stereocenters. The van der Waals surface area contributed by atoms with Crippen molar-refractivity contribution in [3.63, 3.8) is 0 Å². The molecule has 0 amide bonds. The van der Waals surface area contributed by atoms with Gasteiger partial charge in [0, 0.05) is 22.8 Å². The number of hydrogen-bond donors (Lipinski definition) is 0. The van der Waals surface area contributed by atoms with E-state index in [0.717, 1.165) is 24.0 Å². The maximum atomic E-state index is 12.9. The maximum absolute atomic E-state index is 12.9. The summed E-state index contributed by atoms with van der Waals surface area (Å²) in [6, 6.07) is 0. The topological polar surface area (TPSA) is 66.8 Å². The van der Waals surface area contributed by atoms with Crippen molar-refractivity contribution in [3.8, 4) is 0 Å². The van der Waals surface area contributed by atoms with Gasteiger partial charge < -0.3 is 18.5 Å². The summed E-state index contributed by atoms with van der Waals surface area (Å²) in [5.74, 6) is -0.826. The predicted molar refractivity (Wildman–Crippen MR) is 137 cm³/mol. The molecule has 0 radical (unpaired) electrons. The molecule has 1 aliphatic rings. The minimum Gasteiger partial charge on any atom is -0.464 e. The molecule has 32 heavy (non-hydrogen) atoms. The first-order valence-electron chi connectivity index (χ1n) is 11.2. The zero-order valence-corrected chi connectivity index (χ0v) is 24.5. The molecule has 0 saturated carbocycles. The molecule has 2 unspecified atom stereocenters. The van der Waals surface area contributed by atoms with Gasteiger partial charge in [-0.25, -0.2) is 9.59 Å². The van der Waals surface area contributed by atoms with Crippen molar-refractivity contribution in [2.75, 3.05) is 20.8 Å². The normalized spacial score (nSPS) is 19.7. The lowest BCUT2D eigenvalue weighted by molar-refractivity contribution is 0.0575. The van der Waals surface area contributed by atoms with E-state index < -0.39 is 20.3 Å². The fraction of sp³-hybridized carbons (Fsp3) is 0.739. The van der Waals surface area contributed by atoms with Crippen molar-refractivity contribution < 1.29 is 23.5 Å². The summed E-state index contributed by atoms with van der Waals surface area (Å²) in [7, 11) is 0.899. The molecule has 0 N–H and O–H groups in total. The monoisotopic (exact) mass is 593 g/mol. The van der Waals surface area contributed by atoms with E-state index in [2.05, 4.69) is 65.7 Å². The summed E-state index contributed by atoms with van der Waals surface area (Å²) in [6.45, 7) is 12.2. The second-order valence-corrected chi connectivity index (χ2v) is 17.0. The van der Waals surface area contributed by atoms with Gasteiger partial charge in [-0.2, -0.15) is 0 Å². The largest absolute Gasteiger partial charge is 0.464 e. The van der Waals surface area contributed by atoms with E-state index in [1.165, 1.54) is 14.2 Å². The summed E-state index contributed by atoms with van der Waals surface area (Å²) in [5, 5.41) is 0.128.